The lowest BCUT2D eigenvalue weighted by atomic mass is 9.47. The molecule has 0 bridgehead atoms. The molecule has 0 aromatic heterocycles. The van der Waals surface area contributed by atoms with Crippen LogP contribution in [-0.4, -0.2) is 37.4 Å². The summed E-state index contributed by atoms with van der Waals surface area (Å²) in [6.07, 6.45) is 6.38. The zero-order valence-electron chi connectivity index (χ0n) is 25.2. The van der Waals surface area contributed by atoms with Crippen molar-refractivity contribution in [1.29, 1.82) is 0 Å². The monoisotopic (exact) mass is 528 g/mol. The molecule has 1 fully saturated rings. The summed E-state index contributed by atoms with van der Waals surface area (Å²) in [5.41, 5.74) is 4.58. The molecule has 3 aliphatic carbocycles. The lowest BCUT2D eigenvalue weighted by molar-refractivity contribution is -0.152. The highest BCUT2D eigenvalue weighted by molar-refractivity contribution is 5.73. The first-order chi connectivity index (χ1) is 17.7. The van der Waals surface area contributed by atoms with E-state index in [-0.39, 0.29) is 40.0 Å². The van der Waals surface area contributed by atoms with Gasteiger partial charge in [-0.3, -0.25) is 9.59 Å². The molecule has 5 heteroatoms. The van der Waals surface area contributed by atoms with Crippen molar-refractivity contribution >= 4 is 11.9 Å². The molecule has 38 heavy (non-hydrogen) atoms. The average molecular weight is 529 g/mol. The van der Waals surface area contributed by atoms with Gasteiger partial charge in [0.15, 0.2) is 0 Å². The van der Waals surface area contributed by atoms with Crippen LogP contribution in [0.3, 0.4) is 0 Å². The summed E-state index contributed by atoms with van der Waals surface area (Å²) in [6, 6.07) is 0. The number of aliphatic hydroxyl groups excluding tert-OH is 1. The molecule has 214 valence electrons. The summed E-state index contributed by atoms with van der Waals surface area (Å²) >= 11 is 0. The molecule has 0 aromatic rings. The topological polar surface area (TPSA) is 72.8 Å². The van der Waals surface area contributed by atoms with Crippen LogP contribution in [-0.2, 0) is 19.1 Å². The molecule has 0 aliphatic heterocycles. The van der Waals surface area contributed by atoms with Gasteiger partial charge in [0.2, 0.25) is 0 Å². The number of allylic oxidation sites excluding steroid dienone is 4. The molecule has 0 unspecified atom stereocenters. The number of ether oxygens (including phenoxy) is 2. The molecule has 0 aromatic carbocycles. The number of hydrogen-bond donors (Lipinski definition) is 1. The quantitative estimate of drug-likeness (QED) is 0.240. The molecule has 0 amide bonds. The van der Waals surface area contributed by atoms with E-state index in [1.807, 2.05) is 0 Å². The normalized spacial score (nSPS) is 35.4. The number of esters is 2. The van der Waals surface area contributed by atoms with Crippen LogP contribution in [0.15, 0.2) is 35.5 Å². The summed E-state index contributed by atoms with van der Waals surface area (Å²) in [7, 11) is 2.91. The first-order valence-electron chi connectivity index (χ1n) is 14.6. The highest BCUT2D eigenvalue weighted by Crippen LogP contribution is 2.71. The van der Waals surface area contributed by atoms with Gasteiger partial charge < -0.3 is 14.6 Å². The van der Waals surface area contributed by atoms with Gasteiger partial charge in [0.25, 0.3) is 0 Å². The van der Waals surface area contributed by atoms with Crippen molar-refractivity contribution in [3.8, 4) is 0 Å². The van der Waals surface area contributed by atoms with Crippen molar-refractivity contribution in [2.45, 2.75) is 105 Å². The zero-order chi connectivity index (χ0) is 28.6. The molecule has 0 saturated heterocycles. The number of methoxy groups -OCH3 is 2. The van der Waals surface area contributed by atoms with E-state index in [9.17, 15) is 14.7 Å². The van der Waals surface area contributed by atoms with Crippen LogP contribution in [0.4, 0.5) is 0 Å². The molecule has 1 N–H and O–H groups in total. The van der Waals surface area contributed by atoms with Crippen molar-refractivity contribution in [2.75, 3.05) is 14.2 Å². The van der Waals surface area contributed by atoms with E-state index in [2.05, 4.69) is 54.7 Å². The van der Waals surface area contributed by atoms with Gasteiger partial charge in [0.05, 0.1) is 26.2 Å². The number of carbonyl (C=O) groups excluding carboxylic acids is 2. The molecule has 3 rings (SSSR count). The average Bonchev–Trinajstić information content (AvgIpc) is 3.07. The van der Waals surface area contributed by atoms with Gasteiger partial charge in [-0.25, -0.2) is 0 Å². The number of hydrogen-bond acceptors (Lipinski definition) is 5. The van der Waals surface area contributed by atoms with Gasteiger partial charge in [0.1, 0.15) is 0 Å². The van der Waals surface area contributed by atoms with Crippen molar-refractivity contribution in [1.82, 2.24) is 0 Å². The molecular formula is C33H52O5. The molecule has 5 nitrogen and oxygen atoms in total. The van der Waals surface area contributed by atoms with Crippen LogP contribution in [0.2, 0.25) is 0 Å². The summed E-state index contributed by atoms with van der Waals surface area (Å²) in [5, 5.41) is 11.7. The maximum Gasteiger partial charge on any atom is 0.309 e. The van der Waals surface area contributed by atoms with Gasteiger partial charge in [-0.2, -0.15) is 0 Å². The minimum absolute atomic E-state index is 0.169. The summed E-state index contributed by atoms with van der Waals surface area (Å²) in [6.45, 7) is 21.9. The summed E-state index contributed by atoms with van der Waals surface area (Å²) < 4.78 is 10.3. The maximum absolute atomic E-state index is 13.2. The van der Waals surface area contributed by atoms with Crippen LogP contribution in [0, 0.1) is 39.9 Å². The first-order valence-corrected chi connectivity index (χ1v) is 14.6. The molecular weight excluding hydrogens is 476 g/mol. The summed E-state index contributed by atoms with van der Waals surface area (Å²) in [5.74, 6) is -0.260. The zero-order valence-corrected chi connectivity index (χ0v) is 25.2. The number of fused-ring (bicyclic) bond motifs is 2. The van der Waals surface area contributed by atoms with E-state index in [0.29, 0.717) is 31.1 Å². The van der Waals surface area contributed by atoms with E-state index in [1.54, 1.807) is 0 Å². The fourth-order valence-corrected chi connectivity index (χ4v) is 8.74. The third-order valence-corrected chi connectivity index (χ3v) is 11.3. The third kappa shape index (κ3) is 5.05. The minimum atomic E-state index is -0.576. The Hall–Kier alpha value is -1.88. The van der Waals surface area contributed by atoms with Crippen molar-refractivity contribution in [3.63, 3.8) is 0 Å². The molecule has 0 radical (unpaired) electrons. The minimum Gasteiger partial charge on any atom is -0.469 e. The van der Waals surface area contributed by atoms with Gasteiger partial charge in [-0.1, -0.05) is 70.1 Å². The lowest BCUT2D eigenvalue weighted by Gasteiger charge is -2.57. The van der Waals surface area contributed by atoms with Crippen molar-refractivity contribution < 1.29 is 24.2 Å². The molecule has 0 spiro atoms. The molecule has 0 heterocycles. The largest absolute Gasteiger partial charge is 0.469 e. The van der Waals surface area contributed by atoms with E-state index in [4.69, 9.17) is 9.47 Å². The Bertz CT molecular complexity index is 991. The highest BCUT2D eigenvalue weighted by atomic mass is 16.5. The Balaban J connectivity index is 2.05. The predicted octanol–water partition coefficient (Wildman–Crippen LogP) is 7.20. The third-order valence-electron chi connectivity index (χ3n) is 11.3. The highest BCUT2D eigenvalue weighted by Gasteiger charge is 2.65. The van der Waals surface area contributed by atoms with E-state index < -0.39 is 6.10 Å². The molecule has 3 aliphatic rings. The van der Waals surface area contributed by atoms with Crippen LogP contribution < -0.4 is 0 Å². The standard InChI is InChI=1S/C33H52O5/c1-20(2)22(5)11-12-23(30(36)38-10)29-27(34)19-33(8)26-14-13-24(21(3)4)31(6,17-16-28(35)37-9)25(26)15-18-32(29,33)7/h20,23-24,27,29,34H,3,5,11-19H2,1-2,4,6-10H3/t23-,24+,27-,29+,31+,32-,33+/m1/s1. The van der Waals surface area contributed by atoms with Gasteiger partial charge in [0, 0.05) is 12.3 Å². The van der Waals surface area contributed by atoms with Crippen LogP contribution >= 0.6 is 0 Å². The van der Waals surface area contributed by atoms with Gasteiger partial charge in [-0.15, -0.1) is 0 Å². The Morgan fingerprint density at radius 3 is 2.26 bits per heavy atom. The Kier molecular flexibility index (Phi) is 9.13. The summed E-state index contributed by atoms with van der Waals surface area (Å²) in [4.78, 5) is 25.4. The van der Waals surface area contributed by atoms with E-state index >= 15 is 0 Å². The number of carbonyl (C=O) groups is 2. The Morgan fingerprint density at radius 1 is 1.05 bits per heavy atom. The van der Waals surface area contributed by atoms with Gasteiger partial charge >= 0.3 is 11.9 Å². The fourth-order valence-electron chi connectivity index (χ4n) is 8.74. The SMILES string of the molecule is C=C(CC[C@@H](C(=O)OC)[C@H]1[C@H](O)C[C@@]2(C)C3=C(CC[C@]12C)[C@@](C)(CCC(=O)OC)[C@H](C(=C)C)CC3)C(C)C. The Morgan fingerprint density at radius 2 is 1.71 bits per heavy atom. The fraction of sp³-hybridized carbons (Fsp3) is 0.758. The molecule has 7 atom stereocenters. The van der Waals surface area contributed by atoms with E-state index in [1.165, 1.54) is 30.9 Å². The molecule has 1 saturated carbocycles. The maximum atomic E-state index is 13.2. The van der Waals surface area contributed by atoms with Crippen LogP contribution in [0.5, 0.6) is 0 Å². The number of aliphatic hydroxyl groups is 1. The van der Waals surface area contributed by atoms with Crippen molar-refractivity contribution in [2.24, 2.45) is 39.9 Å². The van der Waals surface area contributed by atoms with Crippen LogP contribution in [0.1, 0.15) is 99.3 Å². The van der Waals surface area contributed by atoms with Crippen LogP contribution in [0.25, 0.3) is 0 Å². The van der Waals surface area contributed by atoms with Crippen molar-refractivity contribution in [3.05, 3.63) is 35.5 Å². The second kappa shape index (κ2) is 11.3. The smallest absolute Gasteiger partial charge is 0.309 e. The van der Waals surface area contributed by atoms with E-state index in [0.717, 1.165) is 44.1 Å². The Labute approximate surface area is 231 Å². The first kappa shape index (κ1) is 30.7. The second-order valence-electron chi connectivity index (χ2n) is 13.4. The number of rotatable bonds is 10. The lowest BCUT2D eigenvalue weighted by Crippen LogP contribution is -2.49. The predicted molar refractivity (Wildman–Crippen MR) is 152 cm³/mol. The van der Waals surface area contributed by atoms with Gasteiger partial charge in [-0.05, 0) is 86.4 Å². The second-order valence-corrected chi connectivity index (χ2v) is 13.4.